The zero-order chi connectivity index (χ0) is 22.8. The van der Waals surface area contributed by atoms with Crippen LogP contribution in [-0.2, 0) is 4.74 Å². The largest absolute Gasteiger partial charge is 0.462 e. The summed E-state index contributed by atoms with van der Waals surface area (Å²) in [7, 11) is 0. The molecule has 0 aliphatic rings. The number of allylic oxidation sites excluding steroid dienone is 1. The van der Waals surface area contributed by atoms with Gasteiger partial charge in [-0.15, -0.1) is 0 Å². The molecule has 0 bridgehead atoms. The van der Waals surface area contributed by atoms with Crippen molar-refractivity contribution < 1.29 is 9.53 Å². The summed E-state index contributed by atoms with van der Waals surface area (Å²) in [6.07, 6.45) is 1.85. The number of aromatic amines is 1. The fourth-order valence-corrected chi connectivity index (χ4v) is 3.88. The first-order valence-electron chi connectivity index (χ1n) is 10.5. The van der Waals surface area contributed by atoms with E-state index in [9.17, 15) is 10.1 Å². The van der Waals surface area contributed by atoms with Crippen molar-refractivity contribution in [1.82, 2.24) is 14.5 Å². The Bertz CT molecular complexity index is 1400. The molecular formula is C26H24N4O2. The second-order valence-electron chi connectivity index (χ2n) is 7.71. The highest BCUT2D eigenvalue weighted by Gasteiger charge is 2.14. The summed E-state index contributed by atoms with van der Waals surface area (Å²) in [5.41, 5.74) is 7.55. The van der Waals surface area contributed by atoms with Gasteiger partial charge in [0, 0.05) is 17.1 Å². The van der Waals surface area contributed by atoms with Crippen LogP contribution in [0, 0.1) is 32.1 Å². The van der Waals surface area contributed by atoms with Crippen LogP contribution in [0.2, 0.25) is 0 Å². The van der Waals surface area contributed by atoms with E-state index in [2.05, 4.69) is 20.6 Å². The van der Waals surface area contributed by atoms with Crippen molar-refractivity contribution in [3.63, 3.8) is 0 Å². The predicted octanol–water partition coefficient (Wildman–Crippen LogP) is 5.52. The third-order valence-electron chi connectivity index (χ3n) is 5.40. The van der Waals surface area contributed by atoms with E-state index in [4.69, 9.17) is 4.74 Å². The highest BCUT2D eigenvalue weighted by molar-refractivity contribution is 5.91. The summed E-state index contributed by atoms with van der Waals surface area (Å²) in [6.45, 7) is 8.13. The Morgan fingerprint density at radius 3 is 2.75 bits per heavy atom. The molecule has 2 aromatic heterocycles. The van der Waals surface area contributed by atoms with E-state index in [-0.39, 0.29) is 5.97 Å². The van der Waals surface area contributed by atoms with Gasteiger partial charge in [0.2, 0.25) is 0 Å². The Morgan fingerprint density at radius 1 is 1.19 bits per heavy atom. The summed E-state index contributed by atoms with van der Waals surface area (Å²) in [4.78, 5) is 20.0. The number of carbonyl (C=O) groups is 1. The summed E-state index contributed by atoms with van der Waals surface area (Å²) in [5.74, 6) is 0.200. The Morgan fingerprint density at radius 2 is 2.00 bits per heavy atom. The maximum absolute atomic E-state index is 12.2. The number of hydrogen-bond acceptors (Lipinski definition) is 4. The number of nitrogens with one attached hydrogen (secondary N) is 1. The number of imidazole rings is 1. The number of nitrogens with zero attached hydrogens (tertiary/aromatic N) is 3. The van der Waals surface area contributed by atoms with Crippen molar-refractivity contribution in [1.29, 1.82) is 5.26 Å². The summed E-state index contributed by atoms with van der Waals surface area (Å²) in [5, 5.41) is 9.82. The Balaban J connectivity index is 1.75. The third-order valence-corrected chi connectivity index (χ3v) is 5.40. The van der Waals surface area contributed by atoms with Crippen LogP contribution in [0.15, 0.2) is 48.5 Å². The van der Waals surface area contributed by atoms with E-state index in [1.54, 1.807) is 13.0 Å². The van der Waals surface area contributed by atoms with E-state index in [0.29, 0.717) is 23.6 Å². The molecule has 160 valence electrons. The fraction of sp³-hybridized carbons (Fsp3) is 0.192. The number of nitriles is 1. The van der Waals surface area contributed by atoms with Gasteiger partial charge in [-0.2, -0.15) is 5.26 Å². The van der Waals surface area contributed by atoms with Gasteiger partial charge in [0.1, 0.15) is 11.9 Å². The molecule has 0 unspecified atom stereocenters. The van der Waals surface area contributed by atoms with E-state index in [1.807, 2.05) is 69.3 Å². The number of rotatable bonds is 5. The van der Waals surface area contributed by atoms with E-state index < -0.39 is 0 Å². The van der Waals surface area contributed by atoms with E-state index >= 15 is 0 Å². The second kappa shape index (κ2) is 8.56. The lowest BCUT2D eigenvalue weighted by molar-refractivity contribution is 0.0526. The van der Waals surface area contributed by atoms with Gasteiger partial charge < -0.3 is 14.3 Å². The topological polar surface area (TPSA) is 83.7 Å². The summed E-state index contributed by atoms with van der Waals surface area (Å²) >= 11 is 0. The lowest BCUT2D eigenvalue weighted by atomic mass is 10.1. The Hall–Kier alpha value is -4.11. The minimum atomic E-state index is -0.344. The molecular weight excluding hydrogens is 400 g/mol. The average molecular weight is 425 g/mol. The first-order valence-corrected chi connectivity index (χ1v) is 10.5. The molecule has 0 spiro atoms. The van der Waals surface area contributed by atoms with Gasteiger partial charge in [0.05, 0.1) is 28.8 Å². The number of ether oxygens (including phenoxy) is 1. The molecule has 0 atom stereocenters. The molecule has 0 saturated carbocycles. The van der Waals surface area contributed by atoms with Gasteiger partial charge in [0.25, 0.3) is 0 Å². The van der Waals surface area contributed by atoms with Crippen molar-refractivity contribution in [3.05, 3.63) is 82.4 Å². The van der Waals surface area contributed by atoms with Gasteiger partial charge in [-0.05, 0) is 81.3 Å². The Kier molecular flexibility index (Phi) is 5.65. The molecule has 0 saturated heterocycles. The molecule has 4 aromatic rings. The first kappa shape index (κ1) is 21.1. The van der Waals surface area contributed by atoms with E-state index in [0.717, 1.165) is 39.2 Å². The molecule has 2 heterocycles. The van der Waals surface area contributed by atoms with Gasteiger partial charge >= 0.3 is 5.97 Å². The lowest BCUT2D eigenvalue weighted by Gasteiger charge is -2.11. The molecule has 0 fully saturated rings. The molecule has 6 nitrogen and oxygen atoms in total. The molecule has 1 N–H and O–H groups in total. The van der Waals surface area contributed by atoms with Gasteiger partial charge in [0.15, 0.2) is 0 Å². The Labute approximate surface area is 186 Å². The number of fused-ring (bicyclic) bond motifs is 1. The summed E-state index contributed by atoms with van der Waals surface area (Å²) < 4.78 is 7.19. The molecule has 6 heteroatoms. The van der Waals surface area contributed by atoms with Crippen molar-refractivity contribution >= 4 is 28.7 Å². The normalized spacial score (nSPS) is 11.5. The molecule has 4 rings (SSSR count). The molecule has 0 aliphatic carbocycles. The number of benzene rings is 2. The smallest absolute Gasteiger partial charge is 0.338 e. The molecule has 32 heavy (non-hydrogen) atoms. The lowest BCUT2D eigenvalue weighted by Crippen LogP contribution is -2.06. The summed E-state index contributed by atoms with van der Waals surface area (Å²) in [6, 6.07) is 17.6. The van der Waals surface area contributed by atoms with Crippen LogP contribution >= 0.6 is 0 Å². The highest BCUT2D eigenvalue weighted by atomic mass is 16.5. The number of aryl methyl sites for hydroxylation is 2. The third kappa shape index (κ3) is 3.93. The fourth-order valence-electron chi connectivity index (χ4n) is 3.88. The van der Waals surface area contributed by atoms with Gasteiger partial charge in [-0.1, -0.05) is 12.1 Å². The van der Waals surface area contributed by atoms with Crippen molar-refractivity contribution in [2.24, 2.45) is 0 Å². The number of hydrogen-bond donors (Lipinski definition) is 1. The number of H-pyrrole nitrogens is 1. The van der Waals surface area contributed by atoms with Crippen LogP contribution in [0.4, 0.5) is 0 Å². The quantitative estimate of drug-likeness (QED) is 0.338. The predicted molar refractivity (Wildman–Crippen MR) is 126 cm³/mol. The van der Waals surface area contributed by atoms with Crippen LogP contribution in [0.5, 0.6) is 0 Å². The van der Waals surface area contributed by atoms with Crippen molar-refractivity contribution in [2.45, 2.75) is 27.7 Å². The number of esters is 1. The van der Waals surface area contributed by atoms with Crippen LogP contribution in [0.3, 0.4) is 0 Å². The average Bonchev–Trinajstić information content (AvgIpc) is 3.31. The van der Waals surface area contributed by atoms with Crippen LogP contribution in [0.25, 0.3) is 28.4 Å². The first-order chi connectivity index (χ1) is 15.4. The minimum absolute atomic E-state index is 0.331. The highest BCUT2D eigenvalue weighted by Crippen LogP contribution is 2.26. The molecule has 0 amide bonds. The maximum atomic E-state index is 12.2. The molecule has 0 radical (unpaired) electrons. The standard InChI is InChI=1S/C26H24N4O2/c1-5-32-26(31)19-7-6-8-22(14-19)30-17(3)12-20(18(30)4)13-21(15-27)25-28-23-10-9-16(2)11-24(23)29-25/h6-14H,5H2,1-4H3,(H,28,29)/b21-13-. The zero-order valence-electron chi connectivity index (χ0n) is 18.6. The maximum Gasteiger partial charge on any atom is 0.338 e. The van der Waals surface area contributed by atoms with Crippen LogP contribution < -0.4 is 0 Å². The van der Waals surface area contributed by atoms with E-state index in [1.165, 1.54) is 0 Å². The van der Waals surface area contributed by atoms with Crippen molar-refractivity contribution in [2.75, 3.05) is 6.61 Å². The molecule has 0 aliphatic heterocycles. The second-order valence-corrected chi connectivity index (χ2v) is 7.71. The number of carbonyl (C=O) groups excluding carboxylic acids is 1. The number of aromatic nitrogens is 3. The van der Waals surface area contributed by atoms with Crippen LogP contribution in [-0.4, -0.2) is 27.1 Å². The van der Waals surface area contributed by atoms with Crippen molar-refractivity contribution in [3.8, 4) is 11.8 Å². The minimum Gasteiger partial charge on any atom is -0.462 e. The van der Waals surface area contributed by atoms with Crippen LogP contribution in [0.1, 0.15) is 45.6 Å². The van der Waals surface area contributed by atoms with Gasteiger partial charge in [-0.25, -0.2) is 9.78 Å². The zero-order valence-corrected chi connectivity index (χ0v) is 18.6. The monoisotopic (exact) mass is 424 g/mol. The SMILES string of the molecule is CCOC(=O)c1cccc(-n2c(C)cc(/C=C(/C#N)c3nc4ccc(C)cc4[nH]3)c2C)c1. The van der Waals surface area contributed by atoms with Gasteiger partial charge in [-0.3, -0.25) is 0 Å². The molecule has 2 aromatic carbocycles.